The lowest BCUT2D eigenvalue weighted by Crippen LogP contribution is -2.07. The molecule has 1 aromatic heterocycles. The van der Waals surface area contributed by atoms with E-state index < -0.39 is 0 Å². The van der Waals surface area contributed by atoms with Crippen molar-refractivity contribution in [1.82, 2.24) is 9.97 Å². The zero-order valence-corrected chi connectivity index (χ0v) is 14.7. The van der Waals surface area contributed by atoms with Crippen molar-refractivity contribution in [3.8, 4) is 11.3 Å². The highest BCUT2D eigenvalue weighted by atomic mass is 35.5. The smallest absolute Gasteiger partial charge is 0.225 e. The number of rotatable bonds is 5. The van der Waals surface area contributed by atoms with Gasteiger partial charge in [0.2, 0.25) is 5.95 Å². The molecule has 1 saturated carbocycles. The van der Waals surface area contributed by atoms with Crippen LogP contribution in [0.2, 0.25) is 5.02 Å². The maximum atomic E-state index is 6.23. The molecule has 3 aromatic rings. The number of aryl methyl sites for hydroxylation is 1. The summed E-state index contributed by atoms with van der Waals surface area (Å²) in [7, 11) is 0. The van der Waals surface area contributed by atoms with E-state index >= 15 is 0 Å². The first-order chi connectivity index (χ1) is 12.2. The molecule has 0 atom stereocenters. The molecule has 0 radical (unpaired) electrons. The van der Waals surface area contributed by atoms with Crippen LogP contribution in [0.15, 0.2) is 54.6 Å². The lowest BCUT2D eigenvalue weighted by molar-refractivity contribution is 1.06. The first kappa shape index (κ1) is 15.9. The molecule has 2 aromatic carbocycles. The van der Waals surface area contributed by atoms with Crippen LogP contribution in [-0.2, 0) is 0 Å². The second-order valence-electron chi connectivity index (χ2n) is 6.34. The van der Waals surface area contributed by atoms with Gasteiger partial charge >= 0.3 is 0 Å². The highest BCUT2D eigenvalue weighted by molar-refractivity contribution is 6.31. The molecule has 2 N–H and O–H groups in total. The van der Waals surface area contributed by atoms with E-state index in [1.807, 2.05) is 49.4 Å². The van der Waals surface area contributed by atoms with Gasteiger partial charge in [-0.3, -0.25) is 0 Å². The number of nitrogens with zero attached hydrogens (tertiary/aromatic N) is 2. The van der Waals surface area contributed by atoms with Crippen molar-refractivity contribution in [2.45, 2.75) is 25.8 Å². The predicted octanol–water partition coefficient (Wildman–Crippen LogP) is 5.42. The minimum atomic E-state index is 0.493. The largest absolute Gasteiger partial charge is 0.351 e. The maximum absolute atomic E-state index is 6.23. The van der Waals surface area contributed by atoms with Gasteiger partial charge in [-0.15, -0.1) is 0 Å². The molecule has 0 spiro atoms. The van der Waals surface area contributed by atoms with E-state index in [2.05, 4.69) is 32.7 Å². The molecular weight excluding hydrogens is 332 g/mol. The van der Waals surface area contributed by atoms with Crippen LogP contribution in [0.25, 0.3) is 11.3 Å². The van der Waals surface area contributed by atoms with E-state index in [0.29, 0.717) is 12.0 Å². The fourth-order valence-electron chi connectivity index (χ4n) is 2.56. The molecule has 4 rings (SSSR count). The van der Waals surface area contributed by atoms with E-state index in [9.17, 15) is 0 Å². The molecule has 1 aliphatic rings. The van der Waals surface area contributed by atoms with E-state index in [1.54, 1.807) is 0 Å². The second-order valence-corrected chi connectivity index (χ2v) is 6.74. The Balaban J connectivity index is 1.68. The fraction of sp³-hybridized carbons (Fsp3) is 0.200. The first-order valence-electron chi connectivity index (χ1n) is 8.41. The minimum Gasteiger partial charge on any atom is -0.351 e. The summed E-state index contributed by atoms with van der Waals surface area (Å²) in [5, 5.41) is 7.46. The van der Waals surface area contributed by atoms with Crippen molar-refractivity contribution in [2.24, 2.45) is 0 Å². The average molecular weight is 351 g/mol. The van der Waals surface area contributed by atoms with E-state index in [-0.39, 0.29) is 0 Å². The summed E-state index contributed by atoms with van der Waals surface area (Å²) in [5.74, 6) is 1.40. The van der Waals surface area contributed by atoms with Crippen molar-refractivity contribution in [1.29, 1.82) is 0 Å². The van der Waals surface area contributed by atoms with Gasteiger partial charge in [-0.05, 0) is 37.5 Å². The summed E-state index contributed by atoms with van der Waals surface area (Å²) in [5.41, 5.74) is 3.91. The quantitative estimate of drug-likeness (QED) is 0.644. The molecule has 1 fully saturated rings. The third-order valence-electron chi connectivity index (χ3n) is 4.15. The van der Waals surface area contributed by atoms with Gasteiger partial charge in [0.25, 0.3) is 0 Å². The highest BCUT2D eigenvalue weighted by Crippen LogP contribution is 2.28. The van der Waals surface area contributed by atoms with Gasteiger partial charge in [-0.25, -0.2) is 4.98 Å². The van der Waals surface area contributed by atoms with Crippen molar-refractivity contribution in [2.75, 3.05) is 10.6 Å². The van der Waals surface area contributed by atoms with Crippen LogP contribution in [-0.4, -0.2) is 16.0 Å². The molecule has 25 heavy (non-hydrogen) atoms. The second kappa shape index (κ2) is 6.73. The Bertz CT molecular complexity index is 891. The minimum absolute atomic E-state index is 0.493. The van der Waals surface area contributed by atoms with Gasteiger partial charge in [0, 0.05) is 28.4 Å². The predicted molar refractivity (Wildman–Crippen MR) is 104 cm³/mol. The number of anilines is 3. The van der Waals surface area contributed by atoms with Crippen molar-refractivity contribution in [3.63, 3.8) is 0 Å². The molecule has 5 heteroatoms. The van der Waals surface area contributed by atoms with Gasteiger partial charge in [-0.2, -0.15) is 4.98 Å². The first-order valence-corrected chi connectivity index (χ1v) is 8.79. The number of aromatic nitrogens is 2. The highest BCUT2D eigenvalue weighted by Gasteiger charge is 2.22. The maximum Gasteiger partial charge on any atom is 0.225 e. The van der Waals surface area contributed by atoms with Crippen LogP contribution in [0, 0.1) is 6.92 Å². The third-order valence-corrected chi connectivity index (χ3v) is 4.56. The van der Waals surface area contributed by atoms with Crippen LogP contribution < -0.4 is 10.6 Å². The zero-order chi connectivity index (χ0) is 17.2. The standard InChI is InChI=1S/C20H19ClN4/c1-13-7-8-16(11-17(13)21)22-19-12-18(14-5-3-2-4-6-14)24-20(25-19)23-15-9-10-15/h2-8,11-12,15H,9-10H2,1H3,(H2,22,23,24,25). The summed E-state index contributed by atoms with van der Waals surface area (Å²) in [6.07, 6.45) is 2.35. The number of benzene rings is 2. The molecule has 1 heterocycles. The van der Waals surface area contributed by atoms with Crippen LogP contribution in [0.3, 0.4) is 0 Å². The zero-order valence-electron chi connectivity index (χ0n) is 14.0. The van der Waals surface area contributed by atoms with Crippen LogP contribution >= 0.6 is 11.6 Å². The van der Waals surface area contributed by atoms with Crippen molar-refractivity contribution in [3.05, 3.63) is 65.2 Å². The van der Waals surface area contributed by atoms with E-state index in [4.69, 9.17) is 11.6 Å². The van der Waals surface area contributed by atoms with Gasteiger partial charge < -0.3 is 10.6 Å². The lowest BCUT2D eigenvalue weighted by atomic mass is 10.1. The molecule has 126 valence electrons. The normalized spacial score (nSPS) is 13.5. The summed E-state index contributed by atoms with van der Waals surface area (Å²) in [6.45, 7) is 1.99. The summed E-state index contributed by atoms with van der Waals surface area (Å²) in [4.78, 5) is 9.28. The van der Waals surface area contributed by atoms with Crippen LogP contribution in [0.1, 0.15) is 18.4 Å². The van der Waals surface area contributed by atoms with Crippen LogP contribution in [0.4, 0.5) is 17.5 Å². The van der Waals surface area contributed by atoms with Crippen molar-refractivity contribution >= 4 is 29.1 Å². The Morgan fingerprint density at radius 2 is 1.80 bits per heavy atom. The number of hydrogen-bond donors (Lipinski definition) is 2. The monoisotopic (exact) mass is 350 g/mol. The number of nitrogens with one attached hydrogen (secondary N) is 2. The Kier molecular flexibility index (Phi) is 4.28. The third kappa shape index (κ3) is 3.91. The summed E-state index contributed by atoms with van der Waals surface area (Å²) < 4.78 is 0. The van der Waals surface area contributed by atoms with Gasteiger partial charge in [0.15, 0.2) is 0 Å². The molecule has 4 nitrogen and oxygen atoms in total. The number of hydrogen-bond acceptors (Lipinski definition) is 4. The summed E-state index contributed by atoms with van der Waals surface area (Å²) in [6, 6.07) is 18.5. The Morgan fingerprint density at radius 1 is 1.00 bits per heavy atom. The fourth-order valence-corrected chi connectivity index (χ4v) is 2.74. The Morgan fingerprint density at radius 3 is 2.52 bits per heavy atom. The Hall–Kier alpha value is -2.59. The van der Waals surface area contributed by atoms with Gasteiger partial charge in [-0.1, -0.05) is 48.0 Å². The SMILES string of the molecule is Cc1ccc(Nc2cc(-c3ccccc3)nc(NC3CC3)n2)cc1Cl. The van der Waals surface area contributed by atoms with E-state index in [1.165, 1.54) is 12.8 Å². The van der Waals surface area contributed by atoms with Crippen molar-refractivity contribution < 1.29 is 0 Å². The average Bonchev–Trinajstić information content (AvgIpc) is 3.43. The molecule has 0 bridgehead atoms. The van der Waals surface area contributed by atoms with Crippen LogP contribution in [0.5, 0.6) is 0 Å². The summed E-state index contributed by atoms with van der Waals surface area (Å²) >= 11 is 6.23. The van der Waals surface area contributed by atoms with Gasteiger partial charge in [0.1, 0.15) is 5.82 Å². The molecule has 0 amide bonds. The molecule has 0 aliphatic heterocycles. The molecule has 1 aliphatic carbocycles. The molecule has 0 unspecified atom stereocenters. The lowest BCUT2D eigenvalue weighted by Gasteiger charge is -2.12. The van der Waals surface area contributed by atoms with E-state index in [0.717, 1.165) is 33.3 Å². The Labute approximate surface area is 152 Å². The topological polar surface area (TPSA) is 49.8 Å². The van der Waals surface area contributed by atoms with Gasteiger partial charge in [0.05, 0.1) is 5.69 Å². The molecule has 0 saturated heterocycles. The molecular formula is C20H19ClN4. The number of halogens is 1.